The fourth-order valence-electron chi connectivity index (χ4n) is 2.37. The van der Waals surface area contributed by atoms with Crippen molar-refractivity contribution in [3.05, 3.63) is 29.3 Å². The molecule has 0 bridgehead atoms. The maximum absolute atomic E-state index is 10.8. The van der Waals surface area contributed by atoms with Gasteiger partial charge in [0.15, 0.2) is 0 Å². The van der Waals surface area contributed by atoms with Crippen molar-refractivity contribution in [2.45, 2.75) is 19.3 Å². The van der Waals surface area contributed by atoms with Crippen LogP contribution in [0.3, 0.4) is 0 Å². The van der Waals surface area contributed by atoms with E-state index in [-0.39, 0.29) is 0 Å². The van der Waals surface area contributed by atoms with Gasteiger partial charge in [-0.25, -0.2) is 0 Å². The van der Waals surface area contributed by atoms with Crippen LogP contribution in [0.4, 0.5) is 5.69 Å². The van der Waals surface area contributed by atoms with Gasteiger partial charge in [0.25, 0.3) is 0 Å². The van der Waals surface area contributed by atoms with Gasteiger partial charge in [0.05, 0.1) is 0 Å². The van der Waals surface area contributed by atoms with Crippen LogP contribution >= 0.6 is 0 Å². The Morgan fingerprint density at radius 2 is 2.35 bits per heavy atom. The third kappa shape index (κ3) is 2.86. The summed E-state index contributed by atoms with van der Waals surface area (Å²) >= 11 is 0. The molecule has 1 aromatic carbocycles. The molecule has 0 radical (unpaired) electrons. The summed E-state index contributed by atoms with van der Waals surface area (Å²) in [5.41, 5.74) is 3.36. The van der Waals surface area contributed by atoms with Crippen molar-refractivity contribution in [3.63, 3.8) is 0 Å². The lowest BCUT2D eigenvalue weighted by Gasteiger charge is -2.31. The van der Waals surface area contributed by atoms with E-state index in [2.05, 4.69) is 11.0 Å². The lowest BCUT2D eigenvalue weighted by Crippen LogP contribution is -2.31. The minimum absolute atomic E-state index is 0.766. The molecule has 92 valence electrons. The molecule has 1 heterocycles. The number of aryl methyl sites for hydroxylation is 1. The summed E-state index contributed by atoms with van der Waals surface area (Å²) in [7, 11) is 1.73. The fourth-order valence-corrected chi connectivity index (χ4v) is 2.37. The van der Waals surface area contributed by atoms with Crippen LogP contribution in [0.15, 0.2) is 18.2 Å². The van der Waals surface area contributed by atoms with Crippen molar-refractivity contribution in [1.82, 2.24) is 0 Å². The minimum Gasteiger partial charge on any atom is -0.385 e. The first-order valence-electron chi connectivity index (χ1n) is 6.17. The average molecular weight is 233 g/mol. The van der Waals surface area contributed by atoms with Crippen molar-refractivity contribution < 1.29 is 9.53 Å². The predicted molar refractivity (Wildman–Crippen MR) is 68.9 cm³/mol. The Hall–Kier alpha value is -1.35. The standard InChI is InChI=1S/C14H19NO2/c1-17-9-3-8-15-7-2-4-13-6-5-12(11-16)10-14(13)15/h5-6,10-11H,2-4,7-9H2,1H3. The molecule has 0 aliphatic carbocycles. The molecule has 0 aromatic heterocycles. The van der Waals surface area contributed by atoms with Crippen LogP contribution in [0.5, 0.6) is 0 Å². The van der Waals surface area contributed by atoms with E-state index < -0.39 is 0 Å². The second-order valence-electron chi connectivity index (χ2n) is 4.44. The Balaban J connectivity index is 2.14. The van der Waals surface area contributed by atoms with Crippen LogP contribution in [0.25, 0.3) is 0 Å². The molecule has 1 aliphatic rings. The smallest absolute Gasteiger partial charge is 0.150 e. The summed E-state index contributed by atoms with van der Waals surface area (Å²) in [6.07, 6.45) is 4.26. The molecule has 0 spiro atoms. The summed E-state index contributed by atoms with van der Waals surface area (Å²) < 4.78 is 5.08. The molecule has 3 heteroatoms. The first kappa shape index (κ1) is 12.1. The zero-order valence-electron chi connectivity index (χ0n) is 10.3. The van der Waals surface area contributed by atoms with Gasteiger partial charge < -0.3 is 9.64 Å². The van der Waals surface area contributed by atoms with Crippen LogP contribution in [0.2, 0.25) is 0 Å². The van der Waals surface area contributed by atoms with E-state index in [1.54, 1.807) is 7.11 Å². The Labute approximate surface area is 102 Å². The van der Waals surface area contributed by atoms with E-state index in [4.69, 9.17) is 4.74 Å². The third-order valence-corrected chi connectivity index (χ3v) is 3.24. The normalized spacial score (nSPS) is 14.5. The number of hydrogen-bond acceptors (Lipinski definition) is 3. The molecule has 0 saturated carbocycles. The molecular formula is C14H19NO2. The molecule has 0 atom stereocenters. The van der Waals surface area contributed by atoms with Gasteiger partial charge in [-0.15, -0.1) is 0 Å². The summed E-state index contributed by atoms with van der Waals surface area (Å²) in [4.78, 5) is 13.2. The fraction of sp³-hybridized carbons (Fsp3) is 0.500. The quantitative estimate of drug-likeness (QED) is 0.577. The maximum Gasteiger partial charge on any atom is 0.150 e. The van der Waals surface area contributed by atoms with Gasteiger partial charge >= 0.3 is 0 Å². The van der Waals surface area contributed by atoms with Crippen LogP contribution in [-0.2, 0) is 11.2 Å². The number of fused-ring (bicyclic) bond motifs is 1. The Morgan fingerprint density at radius 1 is 1.47 bits per heavy atom. The van der Waals surface area contributed by atoms with Crippen LogP contribution < -0.4 is 4.90 Å². The summed E-state index contributed by atoms with van der Waals surface area (Å²) in [5.74, 6) is 0. The molecule has 0 saturated heterocycles. The first-order chi connectivity index (χ1) is 8.35. The van der Waals surface area contributed by atoms with E-state index in [1.165, 1.54) is 17.7 Å². The number of ether oxygens (including phenoxy) is 1. The maximum atomic E-state index is 10.8. The second-order valence-corrected chi connectivity index (χ2v) is 4.44. The van der Waals surface area contributed by atoms with E-state index in [0.717, 1.165) is 44.4 Å². The van der Waals surface area contributed by atoms with Crippen molar-refractivity contribution in [1.29, 1.82) is 0 Å². The first-order valence-corrected chi connectivity index (χ1v) is 6.17. The van der Waals surface area contributed by atoms with Gasteiger partial charge in [0, 0.05) is 38.1 Å². The number of nitrogens with zero attached hydrogens (tertiary/aromatic N) is 1. The Morgan fingerprint density at radius 3 is 3.12 bits per heavy atom. The highest BCUT2D eigenvalue weighted by molar-refractivity contribution is 5.78. The van der Waals surface area contributed by atoms with Gasteiger partial charge in [0.1, 0.15) is 6.29 Å². The lowest BCUT2D eigenvalue weighted by molar-refractivity contribution is 0.112. The van der Waals surface area contributed by atoms with Crippen molar-refractivity contribution in [3.8, 4) is 0 Å². The number of aldehydes is 1. The summed E-state index contributed by atoms with van der Waals surface area (Å²) in [5, 5.41) is 0. The van der Waals surface area contributed by atoms with Gasteiger partial charge in [0.2, 0.25) is 0 Å². The van der Waals surface area contributed by atoms with Crippen LogP contribution in [0.1, 0.15) is 28.8 Å². The van der Waals surface area contributed by atoms with Crippen molar-refractivity contribution in [2.75, 3.05) is 31.7 Å². The second kappa shape index (κ2) is 5.82. The number of rotatable bonds is 5. The Bertz CT molecular complexity index is 390. The number of carbonyl (C=O) groups excluding carboxylic acids is 1. The molecule has 0 fully saturated rings. The van der Waals surface area contributed by atoms with Crippen LogP contribution in [-0.4, -0.2) is 33.1 Å². The molecule has 3 nitrogen and oxygen atoms in total. The highest BCUT2D eigenvalue weighted by Crippen LogP contribution is 2.27. The molecule has 17 heavy (non-hydrogen) atoms. The number of carbonyl (C=O) groups is 1. The Kier molecular flexibility index (Phi) is 4.15. The molecule has 1 aliphatic heterocycles. The highest BCUT2D eigenvalue weighted by atomic mass is 16.5. The molecule has 2 rings (SSSR count). The topological polar surface area (TPSA) is 29.5 Å². The average Bonchev–Trinajstić information content (AvgIpc) is 2.39. The molecule has 0 N–H and O–H groups in total. The minimum atomic E-state index is 0.766. The van der Waals surface area contributed by atoms with E-state index in [0.29, 0.717) is 0 Å². The number of benzene rings is 1. The summed E-state index contributed by atoms with van der Waals surface area (Å²) in [6, 6.07) is 6.00. The molecule has 1 aromatic rings. The molecule has 0 amide bonds. The van der Waals surface area contributed by atoms with Gasteiger partial charge in [-0.1, -0.05) is 12.1 Å². The molecule has 0 unspecified atom stereocenters. The molecular weight excluding hydrogens is 214 g/mol. The van der Waals surface area contributed by atoms with Gasteiger partial charge in [-0.3, -0.25) is 4.79 Å². The monoisotopic (exact) mass is 233 g/mol. The van der Waals surface area contributed by atoms with Crippen molar-refractivity contribution in [2.24, 2.45) is 0 Å². The third-order valence-electron chi connectivity index (χ3n) is 3.24. The highest BCUT2D eigenvalue weighted by Gasteiger charge is 2.16. The SMILES string of the molecule is COCCCN1CCCc2ccc(C=O)cc21. The zero-order valence-corrected chi connectivity index (χ0v) is 10.3. The zero-order chi connectivity index (χ0) is 12.1. The summed E-state index contributed by atoms with van der Waals surface area (Å²) in [6.45, 7) is 2.88. The van der Waals surface area contributed by atoms with Gasteiger partial charge in [-0.05, 0) is 30.9 Å². The van der Waals surface area contributed by atoms with E-state index in [1.807, 2.05) is 12.1 Å². The number of methoxy groups -OCH3 is 1. The van der Waals surface area contributed by atoms with Crippen LogP contribution in [0, 0.1) is 0 Å². The van der Waals surface area contributed by atoms with Crippen molar-refractivity contribution >= 4 is 12.0 Å². The van der Waals surface area contributed by atoms with E-state index >= 15 is 0 Å². The predicted octanol–water partition coefficient (Wildman–Crippen LogP) is 2.29. The van der Waals surface area contributed by atoms with E-state index in [9.17, 15) is 4.79 Å². The van der Waals surface area contributed by atoms with Gasteiger partial charge in [-0.2, -0.15) is 0 Å². The number of hydrogen-bond donors (Lipinski definition) is 0. The lowest BCUT2D eigenvalue weighted by atomic mass is 9.99. The largest absolute Gasteiger partial charge is 0.385 e. The number of anilines is 1.